The first kappa shape index (κ1) is 19.9. The summed E-state index contributed by atoms with van der Waals surface area (Å²) in [5.74, 6) is 0.0873. The number of amides is 1. The van der Waals surface area contributed by atoms with Crippen molar-refractivity contribution in [2.75, 3.05) is 50.8 Å². The van der Waals surface area contributed by atoms with Gasteiger partial charge in [0.1, 0.15) is 0 Å². The molecule has 2 saturated heterocycles. The van der Waals surface area contributed by atoms with E-state index in [9.17, 15) is 4.79 Å². The molecule has 2 fully saturated rings. The SMILES string of the molecule is O=C(Cc1ccc(N2CCOCC2)cc1)NCC(c1ccccc1)N1CCCC1. The lowest BCUT2D eigenvalue weighted by Gasteiger charge is -2.29. The lowest BCUT2D eigenvalue weighted by molar-refractivity contribution is -0.120. The molecule has 2 aliphatic rings. The summed E-state index contributed by atoms with van der Waals surface area (Å²) in [6.45, 7) is 6.30. The summed E-state index contributed by atoms with van der Waals surface area (Å²) in [4.78, 5) is 17.4. The molecule has 154 valence electrons. The van der Waals surface area contributed by atoms with E-state index in [2.05, 4.69) is 63.6 Å². The molecule has 0 saturated carbocycles. The lowest BCUT2D eigenvalue weighted by atomic mass is 10.1. The van der Waals surface area contributed by atoms with E-state index in [1.807, 2.05) is 6.07 Å². The van der Waals surface area contributed by atoms with Crippen molar-refractivity contribution in [3.8, 4) is 0 Å². The van der Waals surface area contributed by atoms with E-state index in [1.165, 1.54) is 24.1 Å². The molecule has 1 atom stereocenters. The highest BCUT2D eigenvalue weighted by Gasteiger charge is 2.23. The molecule has 2 aliphatic heterocycles. The number of morpholine rings is 1. The van der Waals surface area contributed by atoms with E-state index >= 15 is 0 Å². The van der Waals surface area contributed by atoms with Crippen LogP contribution in [0.2, 0.25) is 0 Å². The molecule has 1 N–H and O–H groups in total. The van der Waals surface area contributed by atoms with Crippen LogP contribution in [0.3, 0.4) is 0 Å². The number of benzene rings is 2. The molecule has 2 aromatic rings. The first-order valence-electron chi connectivity index (χ1n) is 10.8. The fraction of sp³-hybridized carbons (Fsp3) is 0.458. The summed E-state index contributed by atoms with van der Waals surface area (Å²) < 4.78 is 5.41. The van der Waals surface area contributed by atoms with Gasteiger partial charge in [-0.1, -0.05) is 42.5 Å². The molecule has 5 nitrogen and oxygen atoms in total. The van der Waals surface area contributed by atoms with Crippen molar-refractivity contribution >= 4 is 11.6 Å². The average Bonchev–Trinajstić information content (AvgIpc) is 3.30. The summed E-state index contributed by atoms with van der Waals surface area (Å²) in [5, 5.41) is 3.18. The fourth-order valence-corrected chi connectivity index (χ4v) is 4.29. The van der Waals surface area contributed by atoms with E-state index in [-0.39, 0.29) is 11.9 Å². The van der Waals surface area contributed by atoms with Crippen molar-refractivity contribution < 1.29 is 9.53 Å². The molecule has 29 heavy (non-hydrogen) atoms. The van der Waals surface area contributed by atoms with Crippen molar-refractivity contribution in [2.45, 2.75) is 25.3 Å². The van der Waals surface area contributed by atoms with Crippen molar-refractivity contribution in [1.29, 1.82) is 0 Å². The molecule has 4 rings (SSSR count). The standard InChI is InChI=1S/C24H31N3O2/c28-24(18-20-8-10-22(11-9-20)26-14-16-29-17-15-26)25-19-23(27-12-4-5-13-27)21-6-2-1-3-7-21/h1-3,6-11,23H,4-5,12-19H2,(H,25,28). The second kappa shape index (κ2) is 9.90. The van der Waals surface area contributed by atoms with Crippen LogP contribution < -0.4 is 10.2 Å². The van der Waals surface area contributed by atoms with Crippen molar-refractivity contribution in [1.82, 2.24) is 10.2 Å². The molecule has 0 aliphatic carbocycles. The van der Waals surface area contributed by atoms with E-state index in [0.717, 1.165) is 45.0 Å². The molecular weight excluding hydrogens is 362 g/mol. The van der Waals surface area contributed by atoms with Gasteiger partial charge in [0.05, 0.1) is 25.7 Å². The summed E-state index contributed by atoms with van der Waals surface area (Å²) in [6.07, 6.45) is 2.91. The normalized spacial score (nSPS) is 18.6. The number of rotatable bonds is 7. The van der Waals surface area contributed by atoms with Gasteiger partial charge in [-0.2, -0.15) is 0 Å². The highest BCUT2D eigenvalue weighted by molar-refractivity contribution is 5.78. The van der Waals surface area contributed by atoms with Crippen LogP contribution in [-0.2, 0) is 16.0 Å². The number of ether oxygens (including phenoxy) is 1. The number of likely N-dealkylation sites (tertiary alicyclic amines) is 1. The minimum absolute atomic E-state index is 0.0873. The Morgan fingerprint density at radius 1 is 0.931 bits per heavy atom. The van der Waals surface area contributed by atoms with Gasteiger partial charge in [-0.3, -0.25) is 9.69 Å². The van der Waals surface area contributed by atoms with E-state index in [0.29, 0.717) is 13.0 Å². The minimum atomic E-state index is 0.0873. The molecule has 0 aromatic heterocycles. The zero-order valence-electron chi connectivity index (χ0n) is 17.1. The van der Waals surface area contributed by atoms with E-state index in [1.54, 1.807) is 0 Å². The van der Waals surface area contributed by atoms with Crippen LogP contribution in [0.1, 0.15) is 30.0 Å². The van der Waals surface area contributed by atoms with Crippen LogP contribution in [0.4, 0.5) is 5.69 Å². The second-order valence-electron chi connectivity index (χ2n) is 7.92. The van der Waals surface area contributed by atoms with E-state index in [4.69, 9.17) is 4.74 Å². The smallest absolute Gasteiger partial charge is 0.224 e. The maximum Gasteiger partial charge on any atom is 0.224 e. The molecule has 5 heteroatoms. The Labute approximate surface area is 173 Å². The van der Waals surface area contributed by atoms with Gasteiger partial charge in [-0.05, 0) is 49.2 Å². The predicted octanol–water partition coefficient (Wildman–Crippen LogP) is 3.02. The summed E-state index contributed by atoms with van der Waals surface area (Å²) in [7, 11) is 0. The predicted molar refractivity (Wildman–Crippen MR) is 116 cm³/mol. The first-order valence-corrected chi connectivity index (χ1v) is 10.8. The average molecular weight is 394 g/mol. The topological polar surface area (TPSA) is 44.8 Å². The molecule has 2 heterocycles. The maximum absolute atomic E-state index is 12.6. The van der Waals surface area contributed by atoms with Crippen LogP contribution >= 0.6 is 0 Å². The van der Waals surface area contributed by atoms with Gasteiger partial charge >= 0.3 is 0 Å². The Kier molecular flexibility index (Phi) is 6.80. The zero-order chi connectivity index (χ0) is 19.9. The second-order valence-corrected chi connectivity index (χ2v) is 7.92. The Morgan fingerprint density at radius 2 is 1.62 bits per heavy atom. The highest BCUT2D eigenvalue weighted by atomic mass is 16.5. The molecule has 1 amide bonds. The number of nitrogens with one attached hydrogen (secondary N) is 1. The van der Waals surface area contributed by atoms with Gasteiger partial charge in [-0.25, -0.2) is 0 Å². The third-order valence-corrected chi connectivity index (χ3v) is 5.94. The molecule has 0 bridgehead atoms. The van der Waals surface area contributed by atoms with Crippen molar-refractivity contribution in [3.63, 3.8) is 0 Å². The molecule has 0 spiro atoms. The number of nitrogens with zero attached hydrogens (tertiary/aromatic N) is 2. The van der Waals surface area contributed by atoms with Crippen LogP contribution in [0.15, 0.2) is 54.6 Å². The summed E-state index contributed by atoms with van der Waals surface area (Å²) in [6, 6.07) is 19.2. The molecule has 0 radical (unpaired) electrons. The Hall–Kier alpha value is -2.37. The van der Waals surface area contributed by atoms with Crippen LogP contribution in [0.5, 0.6) is 0 Å². The Morgan fingerprint density at radius 3 is 2.31 bits per heavy atom. The van der Waals surface area contributed by atoms with E-state index < -0.39 is 0 Å². The zero-order valence-corrected chi connectivity index (χ0v) is 17.1. The fourth-order valence-electron chi connectivity index (χ4n) is 4.29. The third-order valence-electron chi connectivity index (χ3n) is 5.94. The van der Waals surface area contributed by atoms with Gasteiger partial charge < -0.3 is 15.0 Å². The van der Waals surface area contributed by atoms with Gasteiger partial charge in [0.15, 0.2) is 0 Å². The molecule has 2 aromatic carbocycles. The van der Waals surface area contributed by atoms with Crippen LogP contribution in [0, 0.1) is 0 Å². The van der Waals surface area contributed by atoms with Crippen LogP contribution in [-0.4, -0.2) is 56.7 Å². The summed E-state index contributed by atoms with van der Waals surface area (Å²) in [5.41, 5.74) is 3.54. The van der Waals surface area contributed by atoms with Gasteiger partial charge in [0.25, 0.3) is 0 Å². The van der Waals surface area contributed by atoms with Gasteiger partial charge in [0, 0.05) is 25.3 Å². The quantitative estimate of drug-likeness (QED) is 0.785. The largest absolute Gasteiger partial charge is 0.378 e. The first-order chi connectivity index (χ1) is 14.3. The number of hydrogen-bond acceptors (Lipinski definition) is 4. The Bertz CT molecular complexity index is 766. The monoisotopic (exact) mass is 393 g/mol. The van der Waals surface area contributed by atoms with Crippen LogP contribution in [0.25, 0.3) is 0 Å². The van der Waals surface area contributed by atoms with Crippen molar-refractivity contribution in [2.24, 2.45) is 0 Å². The van der Waals surface area contributed by atoms with Gasteiger partial charge in [0.2, 0.25) is 5.91 Å². The lowest BCUT2D eigenvalue weighted by Crippen LogP contribution is -2.37. The van der Waals surface area contributed by atoms with Crippen molar-refractivity contribution in [3.05, 3.63) is 65.7 Å². The Balaban J connectivity index is 1.32. The highest BCUT2D eigenvalue weighted by Crippen LogP contribution is 2.24. The third kappa shape index (κ3) is 5.37. The number of carbonyl (C=O) groups excluding carboxylic acids is 1. The maximum atomic E-state index is 12.6. The van der Waals surface area contributed by atoms with Gasteiger partial charge in [-0.15, -0.1) is 0 Å². The number of carbonyl (C=O) groups is 1. The number of hydrogen-bond donors (Lipinski definition) is 1. The molecular formula is C24H31N3O2. The minimum Gasteiger partial charge on any atom is -0.378 e. The summed E-state index contributed by atoms with van der Waals surface area (Å²) >= 11 is 0. The molecule has 1 unspecified atom stereocenters. The number of anilines is 1.